The molecule has 0 aromatic carbocycles. The van der Waals surface area contributed by atoms with Gasteiger partial charge in [-0.05, 0) is 67.6 Å². The SMILES string of the molecule is CC(C)C1CCC(Cc2ccncc2)CC1. The number of nitrogens with zero attached hydrogens (tertiary/aromatic N) is 1. The molecule has 0 aliphatic heterocycles. The number of rotatable bonds is 3. The molecule has 1 aromatic rings. The highest BCUT2D eigenvalue weighted by atomic mass is 14.6. The molecule has 1 nitrogen and oxygen atoms in total. The molecule has 0 spiro atoms. The minimum absolute atomic E-state index is 0.877. The smallest absolute Gasteiger partial charge is 0.0270 e. The Morgan fingerprint density at radius 2 is 1.75 bits per heavy atom. The Bertz CT molecular complexity index is 296. The molecule has 1 fully saturated rings. The van der Waals surface area contributed by atoms with Crippen molar-refractivity contribution in [1.82, 2.24) is 4.98 Å². The number of hydrogen-bond donors (Lipinski definition) is 0. The van der Waals surface area contributed by atoms with E-state index in [0.717, 1.165) is 17.8 Å². The minimum Gasteiger partial charge on any atom is -0.265 e. The summed E-state index contributed by atoms with van der Waals surface area (Å²) < 4.78 is 0. The first kappa shape index (κ1) is 11.6. The van der Waals surface area contributed by atoms with Crippen LogP contribution in [0.2, 0.25) is 0 Å². The van der Waals surface area contributed by atoms with E-state index in [1.54, 1.807) is 0 Å². The fraction of sp³-hybridized carbons (Fsp3) is 0.667. The van der Waals surface area contributed by atoms with Crippen LogP contribution in [0.5, 0.6) is 0 Å². The third-order valence-corrected chi connectivity index (χ3v) is 4.11. The van der Waals surface area contributed by atoms with Gasteiger partial charge < -0.3 is 0 Å². The van der Waals surface area contributed by atoms with Crippen LogP contribution in [0.1, 0.15) is 45.1 Å². The van der Waals surface area contributed by atoms with Crippen molar-refractivity contribution in [3.05, 3.63) is 30.1 Å². The molecule has 2 rings (SSSR count). The molecule has 88 valence electrons. The zero-order valence-corrected chi connectivity index (χ0v) is 10.5. The van der Waals surface area contributed by atoms with Crippen molar-refractivity contribution < 1.29 is 0 Å². The quantitative estimate of drug-likeness (QED) is 0.743. The lowest BCUT2D eigenvalue weighted by Crippen LogP contribution is -2.19. The zero-order valence-electron chi connectivity index (χ0n) is 10.5. The van der Waals surface area contributed by atoms with E-state index >= 15 is 0 Å². The maximum atomic E-state index is 4.07. The summed E-state index contributed by atoms with van der Waals surface area (Å²) in [6.07, 6.45) is 10.8. The van der Waals surface area contributed by atoms with Crippen LogP contribution in [0.25, 0.3) is 0 Å². The molecule has 0 N–H and O–H groups in total. The van der Waals surface area contributed by atoms with Crippen LogP contribution in [0.3, 0.4) is 0 Å². The van der Waals surface area contributed by atoms with Crippen molar-refractivity contribution in [1.29, 1.82) is 0 Å². The first-order valence-electron chi connectivity index (χ1n) is 6.64. The first-order valence-corrected chi connectivity index (χ1v) is 6.64. The summed E-state index contributed by atoms with van der Waals surface area (Å²) in [6.45, 7) is 4.74. The lowest BCUT2D eigenvalue weighted by molar-refractivity contribution is 0.223. The van der Waals surface area contributed by atoms with Crippen molar-refractivity contribution in [3.8, 4) is 0 Å². The molecule has 1 saturated carbocycles. The van der Waals surface area contributed by atoms with Gasteiger partial charge in [0.25, 0.3) is 0 Å². The van der Waals surface area contributed by atoms with Crippen molar-refractivity contribution in [3.63, 3.8) is 0 Å². The van der Waals surface area contributed by atoms with E-state index in [1.165, 1.54) is 37.7 Å². The molecule has 1 aliphatic carbocycles. The van der Waals surface area contributed by atoms with Gasteiger partial charge in [0.2, 0.25) is 0 Å². The molecule has 1 heterocycles. The van der Waals surface area contributed by atoms with Gasteiger partial charge in [0.1, 0.15) is 0 Å². The Hall–Kier alpha value is -0.850. The molecule has 1 heteroatoms. The van der Waals surface area contributed by atoms with Gasteiger partial charge in [-0.15, -0.1) is 0 Å². The average Bonchev–Trinajstić information content (AvgIpc) is 2.31. The molecule has 1 aromatic heterocycles. The first-order chi connectivity index (χ1) is 7.75. The third-order valence-electron chi connectivity index (χ3n) is 4.11. The summed E-state index contributed by atoms with van der Waals surface area (Å²) >= 11 is 0. The van der Waals surface area contributed by atoms with E-state index in [2.05, 4.69) is 31.0 Å². The van der Waals surface area contributed by atoms with Crippen LogP contribution in [0.15, 0.2) is 24.5 Å². The Balaban J connectivity index is 1.82. The molecule has 1 aliphatic rings. The molecule has 0 bridgehead atoms. The standard InChI is InChI=1S/C15H23N/c1-12(2)15-5-3-13(4-6-15)11-14-7-9-16-10-8-14/h7-10,12-13,15H,3-6,11H2,1-2H3. The fourth-order valence-electron chi connectivity index (χ4n) is 2.91. The molecular weight excluding hydrogens is 194 g/mol. The molecule has 0 amide bonds. The Morgan fingerprint density at radius 3 is 2.31 bits per heavy atom. The zero-order chi connectivity index (χ0) is 11.4. The molecule has 0 saturated heterocycles. The highest BCUT2D eigenvalue weighted by Gasteiger charge is 2.23. The Kier molecular flexibility index (Phi) is 3.98. The Morgan fingerprint density at radius 1 is 1.12 bits per heavy atom. The van der Waals surface area contributed by atoms with E-state index in [-0.39, 0.29) is 0 Å². The number of aromatic nitrogens is 1. The summed E-state index contributed by atoms with van der Waals surface area (Å²) in [5, 5.41) is 0. The molecule has 16 heavy (non-hydrogen) atoms. The molecular formula is C15H23N. The van der Waals surface area contributed by atoms with Crippen LogP contribution in [-0.4, -0.2) is 4.98 Å². The van der Waals surface area contributed by atoms with Crippen LogP contribution in [0.4, 0.5) is 0 Å². The maximum Gasteiger partial charge on any atom is 0.0270 e. The van der Waals surface area contributed by atoms with Crippen molar-refractivity contribution >= 4 is 0 Å². The van der Waals surface area contributed by atoms with Crippen LogP contribution in [0, 0.1) is 17.8 Å². The second-order valence-electron chi connectivity index (χ2n) is 5.58. The molecule has 0 radical (unpaired) electrons. The predicted molar refractivity (Wildman–Crippen MR) is 68.2 cm³/mol. The van der Waals surface area contributed by atoms with Gasteiger partial charge >= 0.3 is 0 Å². The van der Waals surface area contributed by atoms with Crippen LogP contribution in [-0.2, 0) is 6.42 Å². The topological polar surface area (TPSA) is 12.9 Å². The van der Waals surface area contributed by atoms with Gasteiger partial charge in [0.05, 0.1) is 0 Å². The van der Waals surface area contributed by atoms with Crippen molar-refractivity contribution in [2.75, 3.05) is 0 Å². The monoisotopic (exact) mass is 217 g/mol. The van der Waals surface area contributed by atoms with Gasteiger partial charge in [-0.1, -0.05) is 13.8 Å². The number of pyridine rings is 1. The van der Waals surface area contributed by atoms with Crippen molar-refractivity contribution in [2.45, 2.75) is 46.0 Å². The highest BCUT2D eigenvalue weighted by molar-refractivity contribution is 5.10. The van der Waals surface area contributed by atoms with E-state index < -0.39 is 0 Å². The summed E-state index contributed by atoms with van der Waals surface area (Å²) in [7, 11) is 0. The fourth-order valence-corrected chi connectivity index (χ4v) is 2.91. The summed E-state index contributed by atoms with van der Waals surface area (Å²) in [6, 6.07) is 4.32. The van der Waals surface area contributed by atoms with Crippen molar-refractivity contribution in [2.24, 2.45) is 17.8 Å². The van der Waals surface area contributed by atoms with Gasteiger partial charge in [-0.2, -0.15) is 0 Å². The van der Waals surface area contributed by atoms with Gasteiger partial charge in [-0.3, -0.25) is 4.98 Å². The van der Waals surface area contributed by atoms with E-state index in [9.17, 15) is 0 Å². The lowest BCUT2D eigenvalue weighted by atomic mass is 9.75. The second kappa shape index (κ2) is 5.47. The largest absolute Gasteiger partial charge is 0.265 e. The van der Waals surface area contributed by atoms with Gasteiger partial charge in [0.15, 0.2) is 0 Å². The van der Waals surface area contributed by atoms with Crippen LogP contribution < -0.4 is 0 Å². The highest BCUT2D eigenvalue weighted by Crippen LogP contribution is 2.34. The summed E-state index contributed by atoms with van der Waals surface area (Å²) in [5.74, 6) is 2.77. The minimum atomic E-state index is 0.877. The van der Waals surface area contributed by atoms with Gasteiger partial charge in [0, 0.05) is 12.4 Å². The lowest BCUT2D eigenvalue weighted by Gasteiger charge is -2.30. The normalized spacial score (nSPS) is 25.9. The predicted octanol–water partition coefficient (Wildman–Crippen LogP) is 4.09. The average molecular weight is 217 g/mol. The number of hydrogen-bond acceptors (Lipinski definition) is 1. The summed E-state index contributed by atoms with van der Waals surface area (Å²) in [4.78, 5) is 4.07. The van der Waals surface area contributed by atoms with Gasteiger partial charge in [-0.25, -0.2) is 0 Å². The molecule has 0 atom stereocenters. The third kappa shape index (κ3) is 3.07. The van der Waals surface area contributed by atoms with E-state index in [0.29, 0.717) is 0 Å². The van der Waals surface area contributed by atoms with Crippen LogP contribution >= 0.6 is 0 Å². The maximum absolute atomic E-state index is 4.07. The molecule has 0 unspecified atom stereocenters. The van der Waals surface area contributed by atoms with E-state index in [1.807, 2.05) is 12.4 Å². The van der Waals surface area contributed by atoms with E-state index in [4.69, 9.17) is 0 Å². The summed E-state index contributed by atoms with van der Waals surface area (Å²) in [5.41, 5.74) is 1.46. The second-order valence-corrected chi connectivity index (χ2v) is 5.58. The Labute approximate surface area is 99.3 Å².